The second-order valence-electron chi connectivity index (χ2n) is 4.32. The van der Waals surface area contributed by atoms with E-state index in [1.807, 2.05) is 38.1 Å². The molecule has 3 atom stereocenters. The number of rotatable bonds is 4. The van der Waals surface area contributed by atoms with Crippen LogP contribution in [0.4, 0.5) is 4.39 Å². The van der Waals surface area contributed by atoms with Crippen molar-refractivity contribution in [3.8, 4) is 0 Å². The molecule has 0 aromatic heterocycles. The molecule has 0 bridgehead atoms. The molecule has 1 rings (SSSR count). The van der Waals surface area contributed by atoms with Crippen molar-refractivity contribution in [2.24, 2.45) is 5.92 Å². The Bertz CT molecular complexity index is 311. The lowest BCUT2D eigenvalue weighted by molar-refractivity contribution is 0.0803. The summed E-state index contributed by atoms with van der Waals surface area (Å²) < 4.78 is 12.4. The van der Waals surface area contributed by atoms with Crippen LogP contribution < -0.4 is 0 Å². The molecule has 1 N–H and O–H groups in total. The fourth-order valence-corrected chi connectivity index (χ4v) is 1.73. The van der Waals surface area contributed by atoms with Crippen molar-refractivity contribution in [2.75, 3.05) is 6.67 Å². The van der Waals surface area contributed by atoms with E-state index in [0.29, 0.717) is 0 Å². The minimum Gasteiger partial charge on any atom is -0.392 e. The fraction of sp³-hybridized carbons (Fsp3) is 0.538. The molecule has 0 spiro atoms. The highest BCUT2D eigenvalue weighted by Gasteiger charge is 2.22. The number of aliphatic hydroxyl groups is 1. The van der Waals surface area contributed by atoms with E-state index in [1.165, 1.54) is 5.56 Å². The van der Waals surface area contributed by atoms with Gasteiger partial charge < -0.3 is 5.11 Å². The maximum Gasteiger partial charge on any atom is 0.0944 e. The minimum atomic E-state index is -0.614. The van der Waals surface area contributed by atoms with Crippen molar-refractivity contribution in [2.45, 2.75) is 32.8 Å². The molecule has 1 aromatic carbocycles. The fourth-order valence-electron chi connectivity index (χ4n) is 1.73. The Kier molecular flexibility index (Phi) is 4.28. The zero-order chi connectivity index (χ0) is 11.4. The first-order valence-corrected chi connectivity index (χ1v) is 5.37. The highest BCUT2D eigenvalue weighted by molar-refractivity contribution is 5.25. The normalized spacial score (nSPS) is 17.1. The number of aryl methyl sites for hydroxylation is 1. The molecule has 1 aromatic rings. The summed E-state index contributed by atoms with van der Waals surface area (Å²) in [5.74, 6) is -0.323. The molecule has 0 saturated carbocycles. The standard InChI is InChI=1S/C13H19FO/c1-9-5-4-6-12(7-9)11(3)13(15)10(2)8-14/h4-7,10-11,13,15H,8H2,1-3H3/t10-,11-,13+/m1/s1. The first-order valence-electron chi connectivity index (χ1n) is 5.37. The molecule has 15 heavy (non-hydrogen) atoms. The molecule has 0 aliphatic heterocycles. The maximum atomic E-state index is 12.4. The number of hydrogen-bond acceptors (Lipinski definition) is 1. The summed E-state index contributed by atoms with van der Waals surface area (Å²) in [4.78, 5) is 0. The summed E-state index contributed by atoms with van der Waals surface area (Å²) in [5.41, 5.74) is 2.24. The van der Waals surface area contributed by atoms with Crippen molar-refractivity contribution in [1.82, 2.24) is 0 Å². The number of aliphatic hydroxyl groups excluding tert-OH is 1. The Balaban J connectivity index is 2.80. The Morgan fingerprint density at radius 1 is 1.33 bits per heavy atom. The van der Waals surface area contributed by atoms with Gasteiger partial charge in [0.25, 0.3) is 0 Å². The van der Waals surface area contributed by atoms with E-state index < -0.39 is 12.8 Å². The summed E-state index contributed by atoms with van der Waals surface area (Å²) in [7, 11) is 0. The Morgan fingerprint density at radius 2 is 2.00 bits per heavy atom. The lowest BCUT2D eigenvalue weighted by Gasteiger charge is -2.23. The van der Waals surface area contributed by atoms with Crippen molar-refractivity contribution in [3.63, 3.8) is 0 Å². The van der Waals surface area contributed by atoms with Crippen LogP contribution >= 0.6 is 0 Å². The molecule has 0 aliphatic rings. The number of alkyl halides is 1. The SMILES string of the molecule is Cc1cccc([C@@H](C)[C@@H](O)[C@H](C)CF)c1. The molecule has 0 unspecified atom stereocenters. The van der Waals surface area contributed by atoms with E-state index in [1.54, 1.807) is 6.92 Å². The van der Waals surface area contributed by atoms with Gasteiger partial charge in [0.1, 0.15) is 0 Å². The Morgan fingerprint density at radius 3 is 2.53 bits per heavy atom. The molecule has 0 radical (unpaired) electrons. The van der Waals surface area contributed by atoms with Crippen LogP contribution in [0.15, 0.2) is 24.3 Å². The van der Waals surface area contributed by atoms with E-state index in [0.717, 1.165) is 5.56 Å². The van der Waals surface area contributed by atoms with Gasteiger partial charge in [-0.2, -0.15) is 0 Å². The monoisotopic (exact) mass is 210 g/mol. The van der Waals surface area contributed by atoms with Crippen LogP contribution in [0, 0.1) is 12.8 Å². The summed E-state index contributed by atoms with van der Waals surface area (Å²) in [5, 5.41) is 9.89. The Hall–Kier alpha value is -0.890. The zero-order valence-electron chi connectivity index (χ0n) is 9.57. The van der Waals surface area contributed by atoms with Crippen LogP contribution in [-0.2, 0) is 0 Å². The lowest BCUT2D eigenvalue weighted by Crippen LogP contribution is -2.25. The average molecular weight is 210 g/mol. The maximum absolute atomic E-state index is 12.4. The third kappa shape index (κ3) is 3.03. The third-order valence-corrected chi connectivity index (χ3v) is 2.91. The highest BCUT2D eigenvalue weighted by atomic mass is 19.1. The molecule has 0 amide bonds. The summed E-state index contributed by atoms with van der Waals surface area (Å²) in [6, 6.07) is 8.00. The van der Waals surface area contributed by atoms with Crippen LogP contribution in [0.3, 0.4) is 0 Å². The van der Waals surface area contributed by atoms with Crippen LogP contribution in [-0.4, -0.2) is 17.9 Å². The van der Waals surface area contributed by atoms with Crippen molar-refractivity contribution >= 4 is 0 Å². The first-order chi connectivity index (χ1) is 7.06. The van der Waals surface area contributed by atoms with E-state index in [9.17, 15) is 9.50 Å². The quantitative estimate of drug-likeness (QED) is 0.809. The number of hydrogen-bond donors (Lipinski definition) is 1. The molecule has 2 heteroatoms. The van der Waals surface area contributed by atoms with Gasteiger partial charge in [-0.15, -0.1) is 0 Å². The predicted molar refractivity (Wildman–Crippen MR) is 60.7 cm³/mol. The van der Waals surface area contributed by atoms with Gasteiger partial charge in [-0.1, -0.05) is 43.7 Å². The van der Waals surface area contributed by atoms with Crippen LogP contribution in [0.2, 0.25) is 0 Å². The minimum absolute atomic E-state index is 0.0179. The molecule has 0 heterocycles. The molecule has 0 fully saturated rings. The van der Waals surface area contributed by atoms with E-state index in [2.05, 4.69) is 0 Å². The summed E-state index contributed by atoms with van der Waals surface area (Å²) in [6.07, 6.45) is -0.614. The first kappa shape index (κ1) is 12.2. The van der Waals surface area contributed by atoms with Gasteiger partial charge in [-0.25, -0.2) is 0 Å². The lowest BCUT2D eigenvalue weighted by atomic mass is 9.88. The number of benzene rings is 1. The molecule has 84 valence electrons. The van der Waals surface area contributed by atoms with Crippen LogP contribution in [0.25, 0.3) is 0 Å². The molecular weight excluding hydrogens is 191 g/mol. The molecule has 1 nitrogen and oxygen atoms in total. The average Bonchev–Trinajstić information content (AvgIpc) is 2.26. The van der Waals surface area contributed by atoms with Gasteiger partial charge in [0.05, 0.1) is 12.8 Å². The number of halogens is 1. The van der Waals surface area contributed by atoms with E-state index in [4.69, 9.17) is 0 Å². The second kappa shape index (κ2) is 5.26. The van der Waals surface area contributed by atoms with Crippen LogP contribution in [0.1, 0.15) is 30.9 Å². The van der Waals surface area contributed by atoms with Crippen molar-refractivity contribution in [3.05, 3.63) is 35.4 Å². The van der Waals surface area contributed by atoms with Crippen LogP contribution in [0.5, 0.6) is 0 Å². The van der Waals surface area contributed by atoms with Gasteiger partial charge in [-0.3, -0.25) is 4.39 Å². The largest absolute Gasteiger partial charge is 0.392 e. The zero-order valence-corrected chi connectivity index (χ0v) is 9.57. The third-order valence-electron chi connectivity index (χ3n) is 2.91. The summed E-state index contributed by atoms with van der Waals surface area (Å²) in [6.45, 7) is 5.21. The van der Waals surface area contributed by atoms with Gasteiger partial charge in [0, 0.05) is 11.8 Å². The smallest absolute Gasteiger partial charge is 0.0944 e. The highest BCUT2D eigenvalue weighted by Crippen LogP contribution is 2.24. The van der Waals surface area contributed by atoms with Gasteiger partial charge >= 0.3 is 0 Å². The van der Waals surface area contributed by atoms with Crippen molar-refractivity contribution in [1.29, 1.82) is 0 Å². The predicted octanol–water partition coefficient (Wildman–Crippen LogP) is 3.07. The molecular formula is C13H19FO. The van der Waals surface area contributed by atoms with Gasteiger partial charge in [0.2, 0.25) is 0 Å². The van der Waals surface area contributed by atoms with Gasteiger partial charge in [0.15, 0.2) is 0 Å². The van der Waals surface area contributed by atoms with E-state index in [-0.39, 0.29) is 11.8 Å². The Labute approximate surface area is 90.9 Å². The topological polar surface area (TPSA) is 20.2 Å². The summed E-state index contributed by atoms with van der Waals surface area (Å²) >= 11 is 0. The molecule has 0 saturated heterocycles. The second-order valence-corrected chi connectivity index (χ2v) is 4.32. The molecule has 0 aliphatic carbocycles. The van der Waals surface area contributed by atoms with E-state index >= 15 is 0 Å². The van der Waals surface area contributed by atoms with Gasteiger partial charge in [-0.05, 0) is 12.5 Å². The van der Waals surface area contributed by atoms with Crippen molar-refractivity contribution < 1.29 is 9.50 Å².